The zero-order valence-electron chi connectivity index (χ0n) is 17.0. The van der Waals surface area contributed by atoms with Crippen LogP contribution in [-0.4, -0.2) is 66.3 Å². The van der Waals surface area contributed by atoms with E-state index in [-0.39, 0.29) is 24.1 Å². The molecule has 0 bridgehead atoms. The first-order chi connectivity index (χ1) is 14.6. The second-order valence-corrected chi connectivity index (χ2v) is 7.41. The van der Waals surface area contributed by atoms with E-state index in [9.17, 15) is 14.4 Å². The molecule has 0 N–H and O–H groups in total. The lowest BCUT2D eigenvalue weighted by Crippen LogP contribution is -2.53. The molecule has 0 aliphatic carbocycles. The molecule has 2 aromatic carbocycles. The van der Waals surface area contributed by atoms with Crippen LogP contribution in [0.15, 0.2) is 54.6 Å². The summed E-state index contributed by atoms with van der Waals surface area (Å²) in [6, 6.07) is 15.7. The van der Waals surface area contributed by atoms with Gasteiger partial charge in [-0.1, -0.05) is 18.2 Å². The van der Waals surface area contributed by atoms with E-state index in [2.05, 4.69) is 0 Å². The van der Waals surface area contributed by atoms with Gasteiger partial charge in [0.1, 0.15) is 5.75 Å². The number of benzene rings is 2. The van der Waals surface area contributed by atoms with Gasteiger partial charge in [-0.05, 0) is 43.3 Å². The van der Waals surface area contributed by atoms with Crippen LogP contribution in [0.3, 0.4) is 0 Å². The molecule has 0 spiro atoms. The minimum absolute atomic E-state index is 0.0000827. The third kappa shape index (κ3) is 3.93. The molecule has 2 aliphatic heterocycles. The standard InChI is InChI=1S/C23H25N3O4/c1-2-30-19-10-8-18(9-11-19)26-21(27)16-20(23(26)29)24-12-14-25(15-13-24)22(28)17-6-4-3-5-7-17/h3-11,20H,2,12-16H2,1H3/t20-/m1/s1. The highest BCUT2D eigenvalue weighted by atomic mass is 16.5. The number of imide groups is 1. The maximum atomic E-state index is 13.0. The Hall–Kier alpha value is -3.19. The van der Waals surface area contributed by atoms with Gasteiger partial charge in [-0.3, -0.25) is 19.3 Å². The van der Waals surface area contributed by atoms with Crippen molar-refractivity contribution in [3.8, 4) is 5.75 Å². The summed E-state index contributed by atoms with van der Waals surface area (Å²) in [6.07, 6.45) is 0.165. The zero-order valence-corrected chi connectivity index (χ0v) is 17.0. The van der Waals surface area contributed by atoms with Crippen molar-refractivity contribution in [1.82, 2.24) is 9.80 Å². The van der Waals surface area contributed by atoms with Gasteiger partial charge < -0.3 is 9.64 Å². The topological polar surface area (TPSA) is 70.2 Å². The van der Waals surface area contributed by atoms with Crippen LogP contribution in [0, 0.1) is 0 Å². The van der Waals surface area contributed by atoms with E-state index in [1.54, 1.807) is 29.2 Å². The molecule has 2 fully saturated rings. The van der Waals surface area contributed by atoms with Crippen molar-refractivity contribution in [3.05, 3.63) is 60.2 Å². The summed E-state index contributed by atoms with van der Waals surface area (Å²) in [4.78, 5) is 43.3. The molecule has 0 radical (unpaired) electrons. The molecule has 0 aromatic heterocycles. The number of amides is 3. The lowest BCUT2D eigenvalue weighted by atomic mass is 10.1. The Morgan fingerprint density at radius 1 is 0.967 bits per heavy atom. The molecular weight excluding hydrogens is 382 g/mol. The number of carbonyl (C=O) groups is 3. The third-order valence-electron chi connectivity index (χ3n) is 5.59. The van der Waals surface area contributed by atoms with Crippen LogP contribution in [0.4, 0.5) is 5.69 Å². The third-order valence-corrected chi connectivity index (χ3v) is 5.59. The quantitative estimate of drug-likeness (QED) is 0.711. The normalized spacial score (nSPS) is 20.0. The van der Waals surface area contributed by atoms with Gasteiger partial charge in [0.25, 0.3) is 11.8 Å². The second kappa shape index (κ2) is 8.67. The van der Waals surface area contributed by atoms with Crippen LogP contribution in [0.5, 0.6) is 5.75 Å². The highest BCUT2D eigenvalue weighted by Gasteiger charge is 2.43. The highest BCUT2D eigenvalue weighted by Crippen LogP contribution is 2.28. The molecule has 4 rings (SSSR count). The molecule has 2 heterocycles. The van der Waals surface area contributed by atoms with Crippen molar-refractivity contribution in [2.24, 2.45) is 0 Å². The van der Waals surface area contributed by atoms with Crippen LogP contribution in [0.2, 0.25) is 0 Å². The summed E-state index contributed by atoms with van der Waals surface area (Å²) in [5.74, 6) is 0.306. The van der Waals surface area contributed by atoms with Crippen molar-refractivity contribution < 1.29 is 19.1 Å². The first kappa shape index (κ1) is 20.1. The number of carbonyl (C=O) groups excluding carboxylic acids is 3. The second-order valence-electron chi connectivity index (χ2n) is 7.41. The molecule has 2 saturated heterocycles. The largest absolute Gasteiger partial charge is 0.494 e. The summed E-state index contributed by atoms with van der Waals surface area (Å²) in [6.45, 7) is 4.67. The monoisotopic (exact) mass is 407 g/mol. The van der Waals surface area contributed by atoms with Gasteiger partial charge in [-0.2, -0.15) is 0 Å². The van der Waals surface area contributed by atoms with Gasteiger partial charge in [-0.15, -0.1) is 0 Å². The predicted molar refractivity (Wildman–Crippen MR) is 112 cm³/mol. The van der Waals surface area contributed by atoms with E-state index in [0.717, 1.165) is 0 Å². The Labute approximate surface area is 175 Å². The molecule has 2 aromatic rings. The van der Waals surface area contributed by atoms with Crippen molar-refractivity contribution in [3.63, 3.8) is 0 Å². The first-order valence-electron chi connectivity index (χ1n) is 10.3. The van der Waals surface area contributed by atoms with Crippen molar-refractivity contribution in [1.29, 1.82) is 0 Å². The van der Waals surface area contributed by atoms with Gasteiger partial charge in [0.15, 0.2) is 0 Å². The molecule has 7 nitrogen and oxygen atoms in total. The Morgan fingerprint density at radius 2 is 1.63 bits per heavy atom. The summed E-state index contributed by atoms with van der Waals surface area (Å²) in [7, 11) is 0. The van der Waals surface area contributed by atoms with E-state index in [1.165, 1.54) is 4.90 Å². The van der Waals surface area contributed by atoms with Gasteiger partial charge in [0, 0.05) is 31.7 Å². The number of rotatable bonds is 5. The number of nitrogens with zero attached hydrogens (tertiary/aromatic N) is 3. The average molecular weight is 407 g/mol. The summed E-state index contributed by atoms with van der Waals surface area (Å²) in [5, 5.41) is 0. The zero-order chi connectivity index (χ0) is 21.1. The maximum Gasteiger partial charge on any atom is 0.253 e. The smallest absolute Gasteiger partial charge is 0.253 e. The number of hydrogen-bond donors (Lipinski definition) is 0. The SMILES string of the molecule is CCOc1ccc(N2C(=O)C[C@@H](N3CCN(C(=O)c4ccccc4)CC3)C2=O)cc1. The van der Waals surface area contributed by atoms with E-state index in [1.807, 2.05) is 42.2 Å². The number of hydrogen-bond acceptors (Lipinski definition) is 5. The van der Waals surface area contributed by atoms with Crippen molar-refractivity contribution >= 4 is 23.4 Å². The molecule has 2 aliphatic rings. The van der Waals surface area contributed by atoms with Gasteiger partial charge >= 0.3 is 0 Å². The van der Waals surface area contributed by atoms with E-state index in [4.69, 9.17) is 4.74 Å². The molecule has 0 saturated carbocycles. The van der Waals surface area contributed by atoms with E-state index >= 15 is 0 Å². The van der Waals surface area contributed by atoms with Crippen LogP contribution >= 0.6 is 0 Å². The van der Waals surface area contributed by atoms with Gasteiger partial charge in [0.05, 0.1) is 24.8 Å². The van der Waals surface area contributed by atoms with Gasteiger partial charge in [0.2, 0.25) is 5.91 Å². The van der Waals surface area contributed by atoms with Crippen molar-refractivity contribution in [2.75, 3.05) is 37.7 Å². The molecule has 30 heavy (non-hydrogen) atoms. The number of anilines is 1. The lowest BCUT2D eigenvalue weighted by Gasteiger charge is -2.37. The van der Waals surface area contributed by atoms with Crippen molar-refractivity contribution in [2.45, 2.75) is 19.4 Å². The number of piperazine rings is 1. The van der Waals surface area contributed by atoms with E-state index in [0.29, 0.717) is 49.8 Å². The maximum absolute atomic E-state index is 13.0. The summed E-state index contributed by atoms with van der Waals surface area (Å²) >= 11 is 0. The number of ether oxygens (including phenoxy) is 1. The minimum atomic E-state index is -0.474. The fraction of sp³-hybridized carbons (Fsp3) is 0.348. The molecular formula is C23H25N3O4. The molecule has 0 unspecified atom stereocenters. The lowest BCUT2D eigenvalue weighted by molar-refractivity contribution is -0.123. The van der Waals surface area contributed by atoms with Gasteiger partial charge in [-0.25, -0.2) is 4.90 Å². The fourth-order valence-corrected chi connectivity index (χ4v) is 4.03. The molecule has 3 amide bonds. The Balaban J connectivity index is 1.39. The minimum Gasteiger partial charge on any atom is -0.494 e. The Bertz CT molecular complexity index is 921. The molecule has 7 heteroatoms. The average Bonchev–Trinajstić information content (AvgIpc) is 3.09. The van der Waals surface area contributed by atoms with Crippen LogP contribution in [0.1, 0.15) is 23.7 Å². The fourth-order valence-electron chi connectivity index (χ4n) is 4.03. The van der Waals surface area contributed by atoms with Crippen LogP contribution in [-0.2, 0) is 9.59 Å². The van der Waals surface area contributed by atoms with Crippen LogP contribution < -0.4 is 9.64 Å². The predicted octanol–water partition coefficient (Wildman–Crippen LogP) is 2.18. The van der Waals surface area contributed by atoms with Crippen LogP contribution in [0.25, 0.3) is 0 Å². The highest BCUT2D eigenvalue weighted by molar-refractivity contribution is 6.22. The molecule has 1 atom stereocenters. The van der Waals surface area contributed by atoms with E-state index < -0.39 is 6.04 Å². The molecule has 156 valence electrons. The Morgan fingerprint density at radius 3 is 2.27 bits per heavy atom. The summed E-state index contributed by atoms with van der Waals surface area (Å²) < 4.78 is 5.43. The Kier molecular flexibility index (Phi) is 5.81. The first-order valence-corrected chi connectivity index (χ1v) is 10.3. The summed E-state index contributed by atoms with van der Waals surface area (Å²) in [5.41, 5.74) is 1.23.